The molecule has 1 unspecified atom stereocenters. The van der Waals surface area contributed by atoms with Crippen molar-refractivity contribution in [1.29, 1.82) is 0 Å². The third-order valence-corrected chi connectivity index (χ3v) is 7.12. The molecule has 0 saturated carbocycles. The number of thiophene rings is 1. The Morgan fingerprint density at radius 2 is 2.00 bits per heavy atom. The van der Waals surface area contributed by atoms with Crippen LogP contribution >= 0.6 is 11.3 Å². The van der Waals surface area contributed by atoms with Gasteiger partial charge in [-0.3, -0.25) is 9.69 Å². The Hall–Kier alpha value is -1.48. The van der Waals surface area contributed by atoms with Gasteiger partial charge in [0.25, 0.3) is 0 Å². The van der Waals surface area contributed by atoms with Crippen LogP contribution in [-0.2, 0) is 31.8 Å². The van der Waals surface area contributed by atoms with Crippen LogP contribution in [0.4, 0.5) is 5.00 Å². The number of piperidine rings is 1. The summed E-state index contributed by atoms with van der Waals surface area (Å²) in [7, 11) is 1.39. The quantitative estimate of drug-likeness (QED) is 0.771. The molecule has 2 aliphatic heterocycles. The number of anilines is 1. The number of esters is 1. The standard InChI is InChI=1S/C20H28N2O5S/c1-13-3-4-14-15(11-13)28-18(17(14)19(24)25-2)21-16(23)12-22-7-5-20(6-8-22)26-9-10-27-20/h13H,3-12H2,1-2H3,(H,21,23). The van der Waals surface area contributed by atoms with Crippen molar-refractivity contribution < 1.29 is 23.8 Å². The minimum atomic E-state index is -0.436. The Bertz CT molecular complexity index is 746. The molecule has 7 nitrogen and oxygen atoms in total. The van der Waals surface area contributed by atoms with E-state index in [-0.39, 0.29) is 11.9 Å². The molecule has 8 heteroatoms. The molecule has 1 aromatic heterocycles. The Morgan fingerprint density at radius 1 is 1.29 bits per heavy atom. The fraction of sp³-hybridized carbons (Fsp3) is 0.700. The van der Waals surface area contributed by atoms with Crippen LogP contribution in [0.3, 0.4) is 0 Å². The minimum absolute atomic E-state index is 0.0963. The zero-order valence-corrected chi connectivity index (χ0v) is 17.4. The van der Waals surface area contributed by atoms with Gasteiger partial charge in [0.05, 0.1) is 32.4 Å². The van der Waals surface area contributed by atoms with Crippen molar-refractivity contribution in [3.63, 3.8) is 0 Å². The number of carbonyl (C=O) groups is 2. The van der Waals surface area contributed by atoms with E-state index < -0.39 is 5.79 Å². The number of carbonyl (C=O) groups excluding carboxylic acids is 2. The molecule has 1 aliphatic carbocycles. The molecule has 0 aromatic carbocycles. The van der Waals surface area contributed by atoms with Crippen molar-refractivity contribution in [1.82, 2.24) is 4.90 Å². The molecular formula is C20H28N2O5S. The number of rotatable bonds is 4. The molecule has 3 aliphatic rings. The van der Waals surface area contributed by atoms with Gasteiger partial charge in [0.1, 0.15) is 5.00 Å². The number of fused-ring (bicyclic) bond motifs is 1. The van der Waals surface area contributed by atoms with Gasteiger partial charge in [-0.1, -0.05) is 6.92 Å². The molecule has 3 heterocycles. The Kier molecular flexibility index (Phi) is 5.73. The lowest BCUT2D eigenvalue weighted by Crippen LogP contribution is -2.47. The van der Waals surface area contributed by atoms with Crippen LogP contribution in [0.15, 0.2) is 0 Å². The van der Waals surface area contributed by atoms with Gasteiger partial charge in [-0.05, 0) is 30.7 Å². The fourth-order valence-corrected chi connectivity index (χ4v) is 5.78. The molecule has 4 rings (SSSR count). The first-order valence-electron chi connectivity index (χ1n) is 10.0. The topological polar surface area (TPSA) is 77.1 Å². The zero-order valence-electron chi connectivity index (χ0n) is 16.5. The lowest BCUT2D eigenvalue weighted by atomic mass is 9.88. The van der Waals surface area contributed by atoms with Gasteiger partial charge in [-0.2, -0.15) is 0 Å². The van der Waals surface area contributed by atoms with Crippen molar-refractivity contribution >= 4 is 28.2 Å². The van der Waals surface area contributed by atoms with Crippen molar-refractivity contribution in [2.45, 2.75) is 44.8 Å². The highest BCUT2D eigenvalue weighted by Crippen LogP contribution is 2.40. The second-order valence-electron chi connectivity index (χ2n) is 7.98. The molecule has 2 saturated heterocycles. The zero-order chi connectivity index (χ0) is 19.7. The van der Waals surface area contributed by atoms with E-state index in [0.29, 0.717) is 36.2 Å². The summed E-state index contributed by atoms with van der Waals surface area (Å²) in [5, 5.41) is 3.61. The second kappa shape index (κ2) is 8.10. The Labute approximate surface area is 169 Å². The average Bonchev–Trinajstić information content (AvgIpc) is 3.27. The van der Waals surface area contributed by atoms with E-state index in [1.807, 2.05) is 0 Å². The molecule has 1 amide bonds. The van der Waals surface area contributed by atoms with Gasteiger partial charge in [0.15, 0.2) is 5.79 Å². The van der Waals surface area contributed by atoms with Crippen LogP contribution in [0.25, 0.3) is 0 Å². The molecule has 28 heavy (non-hydrogen) atoms. The van der Waals surface area contributed by atoms with Crippen molar-refractivity contribution in [3.8, 4) is 0 Å². The molecule has 1 aromatic rings. The number of amides is 1. The first kappa shape index (κ1) is 19.8. The van der Waals surface area contributed by atoms with Crippen LogP contribution in [-0.4, -0.2) is 62.5 Å². The monoisotopic (exact) mass is 408 g/mol. The van der Waals surface area contributed by atoms with Crippen LogP contribution in [0.1, 0.15) is 47.0 Å². The van der Waals surface area contributed by atoms with Crippen LogP contribution in [0.2, 0.25) is 0 Å². The summed E-state index contributed by atoms with van der Waals surface area (Å²) in [6.07, 6.45) is 4.42. The third-order valence-electron chi connectivity index (χ3n) is 5.95. The molecule has 0 bridgehead atoms. The van der Waals surface area contributed by atoms with Crippen molar-refractivity contribution in [3.05, 3.63) is 16.0 Å². The summed E-state index contributed by atoms with van der Waals surface area (Å²) in [6, 6.07) is 0. The highest BCUT2D eigenvalue weighted by Gasteiger charge is 2.40. The van der Waals surface area contributed by atoms with Gasteiger partial charge >= 0.3 is 5.97 Å². The molecular weight excluding hydrogens is 380 g/mol. The third kappa shape index (κ3) is 3.96. The van der Waals surface area contributed by atoms with E-state index in [1.54, 1.807) is 0 Å². The molecule has 1 spiro atoms. The first-order chi connectivity index (χ1) is 13.5. The number of ether oxygens (including phenoxy) is 3. The van der Waals surface area contributed by atoms with Crippen LogP contribution < -0.4 is 5.32 Å². The average molecular weight is 409 g/mol. The Morgan fingerprint density at radius 3 is 2.68 bits per heavy atom. The summed E-state index contributed by atoms with van der Waals surface area (Å²) in [5.41, 5.74) is 1.61. The summed E-state index contributed by atoms with van der Waals surface area (Å²) >= 11 is 1.52. The predicted octanol–water partition coefficient (Wildman–Crippen LogP) is 2.44. The molecule has 1 N–H and O–H groups in total. The summed E-state index contributed by atoms with van der Waals surface area (Å²) < 4.78 is 16.5. The van der Waals surface area contributed by atoms with Gasteiger partial charge in [-0.15, -0.1) is 11.3 Å². The van der Waals surface area contributed by atoms with Gasteiger partial charge in [-0.25, -0.2) is 4.79 Å². The van der Waals surface area contributed by atoms with Gasteiger partial charge < -0.3 is 19.5 Å². The lowest BCUT2D eigenvalue weighted by Gasteiger charge is -2.37. The normalized spacial score (nSPS) is 24.1. The fourth-order valence-electron chi connectivity index (χ4n) is 4.36. The van der Waals surface area contributed by atoms with E-state index >= 15 is 0 Å². The van der Waals surface area contributed by atoms with E-state index in [4.69, 9.17) is 14.2 Å². The lowest BCUT2D eigenvalue weighted by molar-refractivity contribution is -0.185. The summed E-state index contributed by atoms with van der Waals surface area (Å²) in [5.74, 6) is -0.297. The molecule has 2 fully saturated rings. The van der Waals surface area contributed by atoms with E-state index in [1.165, 1.54) is 23.3 Å². The van der Waals surface area contributed by atoms with Crippen LogP contribution in [0.5, 0.6) is 0 Å². The van der Waals surface area contributed by atoms with E-state index in [0.717, 1.165) is 50.8 Å². The maximum atomic E-state index is 12.7. The van der Waals surface area contributed by atoms with E-state index in [2.05, 4.69) is 17.1 Å². The highest BCUT2D eigenvalue weighted by molar-refractivity contribution is 7.17. The smallest absolute Gasteiger partial charge is 0.341 e. The van der Waals surface area contributed by atoms with Gasteiger partial charge in [0, 0.05) is 30.8 Å². The maximum Gasteiger partial charge on any atom is 0.341 e. The number of methoxy groups -OCH3 is 1. The molecule has 0 radical (unpaired) electrons. The number of nitrogens with one attached hydrogen (secondary N) is 1. The SMILES string of the molecule is COC(=O)c1c(NC(=O)CN2CCC3(CC2)OCCO3)sc2c1CCC(C)C2. The number of hydrogen-bond donors (Lipinski definition) is 1. The second-order valence-corrected chi connectivity index (χ2v) is 9.08. The molecule has 154 valence electrons. The number of likely N-dealkylation sites (tertiary alicyclic amines) is 1. The van der Waals surface area contributed by atoms with Crippen molar-refractivity contribution in [2.24, 2.45) is 5.92 Å². The Balaban J connectivity index is 1.41. The largest absolute Gasteiger partial charge is 0.465 e. The maximum absolute atomic E-state index is 12.7. The minimum Gasteiger partial charge on any atom is -0.465 e. The summed E-state index contributed by atoms with van der Waals surface area (Å²) in [4.78, 5) is 28.3. The van der Waals surface area contributed by atoms with Gasteiger partial charge in [0.2, 0.25) is 5.91 Å². The number of hydrogen-bond acceptors (Lipinski definition) is 7. The first-order valence-corrected chi connectivity index (χ1v) is 10.8. The predicted molar refractivity (Wildman–Crippen MR) is 106 cm³/mol. The number of nitrogens with zero attached hydrogens (tertiary/aromatic N) is 1. The van der Waals surface area contributed by atoms with E-state index in [9.17, 15) is 9.59 Å². The molecule has 1 atom stereocenters. The van der Waals surface area contributed by atoms with Crippen LogP contribution in [0, 0.1) is 5.92 Å². The summed E-state index contributed by atoms with van der Waals surface area (Å²) in [6.45, 7) is 5.34. The highest BCUT2D eigenvalue weighted by atomic mass is 32.1. The van der Waals surface area contributed by atoms with Crippen molar-refractivity contribution in [2.75, 3.05) is 45.3 Å².